The van der Waals surface area contributed by atoms with Crippen molar-refractivity contribution in [3.05, 3.63) is 72.9 Å². The molecule has 88 valence electrons. The highest BCUT2D eigenvalue weighted by Crippen LogP contribution is 2.08. The summed E-state index contributed by atoms with van der Waals surface area (Å²) in [6.07, 6.45) is 3.91. The third kappa shape index (κ3) is 4.46. The van der Waals surface area contributed by atoms with Crippen molar-refractivity contribution in [3.8, 4) is 11.8 Å². The first kappa shape index (κ1) is 13.6. The van der Waals surface area contributed by atoms with Gasteiger partial charge in [0.05, 0.1) is 0 Å². The van der Waals surface area contributed by atoms with E-state index >= 15 is 0 Å². The molecule has 0 N–H and O–H groups in total. The van der Waals surface area contributed by atoms with Gasteiger partial charge in [-0.15, -0.1) is 0 Å². The van der Waals surface area contributed by atoms with E-state index in [1.165, 1.54) is 12.7 Å². The van der Waals surface area contributed by atoms with Crippen molar-refractivity contribution in [2.24, 2.45) is 0 Å². The maximum Gasteiger partial charge on any atom is 0.0249 e. The van der Waals surface area contributed by atoms with Crippen molar-refractivity contribution >= 4 is 51.3 Å². The monoisotopic (exact) mass is 456 g/mol. The van der Waals surface area contributed by atoms with Gasteiger partial charge in [0.15, 0.2) is 0 Å². The number of halogens is 2. The van der Waals surface area contributed by atoms with E-state index in [1.807, 2.05) is 24.3 Å². The van der Waals surface area contributed by atoms with Gasteiger partial charge in [-0.1, -0.05) is 24.0 Å². The van der Waals surface area contributed by atoms with Gasteiger partial charge in [0.1, 0.15) is 0 Å². The minimum atomic E-state index is 1.04. The molecule has 2 aromatic carbocycles. The molecule has 0 atom stereocenters. The van der Waals surface area contributed by atoms with Gasteiger partial charge in [-0.3, -0.25) is 0 Å². The minimum absolute atomic E-state index is 1.04. The van der Waals surface area contributed by atoms with Crippen LogP contribution in [0.4, 0.5) is 0 Å². The Morgan fingerprint density at radius 3 is 1.94 bits per heavy atom. The molecule has 0 nitrogen and oxygen atoms in total. The Bertz CT molecular complexity index is 596. The second kappa shape index (κ2) is 6.95. The van der Waals surface area contributed by atoms with E-state index in [1.54, 1.807) is 0 Å². The van der Waals surface area contributed by atoms with Crippen LogP contribution in [-0.4, -0.2) is 0 Å². The smallest absolute Gasteiger partial charge is 0.0249 e. The van der Waals surface area contributed by atoms with E-state index in [0.29, 0.717) is 0 Å². The van der Waals surface area contributed by atoms with Crippen LogP contribution in [0.3, 0.4) is 0 Å². The summed E-state index contributed by atoms with van der Waals surface area (Å²) < 4.78 is 2.47. The molecule has 0 aliphatic heterocycles. The summed E-state index contributed by atoms with van der Waals surface area (Å²) in [5, 5.41) is 0. The Labute approximate surface area is 135 Å². The van der Waals surface area contributed by atoms with E-state index < -0.39 is 0 Å². The number of rotatable bonds is 1. The normalized spacial score (nSPS) is 10.1. The Morgan fingerprint density at radius 1 is 0.778 bits per heavy atom. The van der Waals surface area contributed by atoms with Gasteiger partial charge in [0.2, 0.25) is 0 Å². The van der Waals surface area contributed by atoms with Crippen molar-refractivity contribution in [3.63, 3.8) is 0 Å². The SMILES string of the molecule is Ic1ccc(C#C/C=C\c2ccc(I)cc2)cc1. The summed E-state index contributed by atoms with van der Waals surface area (Å²) in [4.78, 5) is 0. The summed E-state index contributed by atoms with van der Waals surface area (Å²) in [7, 11) is 0. The quantitative estimate of drug-likeness (QED) is 0.421. The molecule has 2 heteroatoms. The first-order chi connectivity index (χ1) is 8.74. The molecule has 0 bridgehead atoms. The zero-order valence-corrected chi connectivity index (χ0v) is 13.8. The molecule has 0 aliphatic rings. The van der Waals surface area contributed by atoms with Crippen molar-refractivity contribution in [1.29, 1.82) is 0 Å². The van der Waals surface area contributed by atoms with E-state index in [2.05, 4.69) is 93.4 Å². The molecule has 0 aromatic heterocycles. The number of allylic oxidation sites excluding steroid dienone is 1. The highest BCUT2D eigenvalue weighted by molar-refractivity contribution is 14.1. The molecule has 0 unspecified atom stereocenters. The fourth-order valence-electron chi connectivity index (χ4n) is 1.37. The molecule has 0 fully saturated rings. The maximum atomic E-state index is 3.11. The zero-order chi connectivity index (χ0) is 12.8. The fraction of sp³-hybridized carbons (Fsp3) is 0. The Kier molecular flexibility index (Phi) is 5.26. The topological polar surface area (TPSA) is 0 Å². The minimum Gasteiger partial charge on any atom is -0.0696 e. The average Bonchev–Trinajstić information content (AvgIpc) is 2.39. The molecule has 2 rings (SSSR count). The van der Waals surface area contributed by atoms with Crippen LogP contribution in [0.15, 0.2) is 54.6 Å². The molecule has 0 saturated heterocycles. The standard InChI is InChI=1S/C16H10I2/c17-15-9-5-13(6-10-15)3-1-2-4-14-7-11-16(18)12-8-14/h1,3,5-12H/b3-1-. The van der Waals surface area contributed by atoms with Gasteiger partial charge in [-0.05, 0) is 99.3 Å². The van der Waals surface area contributed by atoms with Gasteiger partial charge < -0.3 is 0 Å². The zero-order valence-electron chi connectivity index (χ0n) is 9.53. The van der Waals surface area contributed by atoms with E-state index in [4.69, 9.17) is 0 Å². The van der Waals surface area contributed by atoms with Crippen LogP contribution in [0.1, 0.15) is 11.1 Å². The van der Waals surface area contributed by atoms with Crippen LogP contribution in [0, 0.1) is 19.0 Å². The lowest BCUT2D eigenvalue weighted by Crippen LogP contribution is -1.74. The molecule has 0 aliphatic carbocycles. The van der Waals surface area contributed by atoms with E-state index in [0.717, 1.165) is 5.56 Å². The van der Waals surface area contributed by atoms with Crippen LogP contribution in [-0.2, 0) is 0 Å². The summed E-state index contributed by atoms with van der Waals surface area (Å²) in [6.45, 7) is 0. The van der Waals surface area contributed by atoms with Crippen LogP contribution >= 0.6 is 45.2 Å². The van der Waals surface area contributed by atoms with Crippen LogP contribution in [0.2, 0.25) is 0 Å². The van der Waals surface area contributed by atoms with E-state index in [9.17, 15) is 0 Å². The predicted molar refractivity (Wildman–Crippen MR) is 94.2 cm³/mol. The number of hydrogen-bond donors (Lipinski definition) is 0. The molecule has 0 radical (unpaired) electrons. The van der Waals surface area contributed by atoms with Crippen molar-refractivity contribution in [2.45, 2.75) is 0 Å². The van der Waals surface area contributed by atoms with Crippen LogP contribution in [0.25, 0.3) is 6.08 Å². The summed E-state index contributed by atoms with van der Waals surface area (Å²) in [5.41, 5.74) is 2.22. The van der Waals surface area contributed by atoms with Crippen molar-refractivity contribution in [1.82, 2.24) is 0 Å². The van der Waals surface area contributed by atoms with Gasteiger partial charge >= 0.3 is 0 Å². The van der Waals surface area contributed by atoms with Gasteiger partial charge in [0.25, 0.3) is 0 Å². The Hall–Kier alpha value is -0.800. The molecule has 0 spiro atoms. The predicted octanol–water partition coefficient (Wildman–Crippen LogP) is 4.96. The van der Waals surface area contributed by atoms with Gasteiger partial charge in [-0.2, -0.15) is 0 Å². The lowest BCUT2D eigenvalue weighted by Gasteiger charge is -1.91. The fourth-order valence-corrected chi connectivity index (χ4v) is 2.09. The van der Waals surface area contributed by atoms with Crippen LogP contribution in [0.5, 0.6) is 0 Å². The maximum absolute atomic E-state index is 3.11. The lowest BCUT2D eigenvalue weighted by molar-refractivity contribution is 1.60. The summed E-state index contributed by atoms with van der Waals surface area (Å²) in [5.74, 6) is 6.16. The highest BCUT2D eigenvalue weighted by atomic mass is 127. The average molecular weight is 456 g/mol. The third-order valence-corrected chi connectivity index (χ3v) is 3.73. The van der Waals surface area contributed by atoms with E-state index in [-0.39, 0.29) is 0 Å². The second-order valence-corrected chi connectivity index (χ2v) is 6.15. The number of hydrogen-bond acceptors (Lipinski definition) is 0. The van der Waals surface area contributed by atoms with Crippen molar-refractivity contribution < 1.29 is 0 Å². The molecule has 0 amide bonds. The first-order valence-electron chi connectivity index (χ1n) is 5.43. The summed E-state index contributed by atoms with van der Waals surface area (Å²) >= 11 is 4.59. The molecular weight excluding hydrogens is 446 g/mol. The lowest BCUT2D eigenvalue weighted by atomic mass is 10.2. The van der Waals surface area contributed by atoms with Crippen LogP contribution < -0.4 is 0 Å². The Morgan fingerprint density at radius 2 is 1.33 bits per heavy atom. The molecule has 0 heterocycles. The largest absolute Gasteiger partial charge is 0.0696 e. The highest BCUT2D eigenvalue weighted by Gasteiger charge is 1.87. The van der Waals surface area contributed by atoms with Gasteiger partial charge in [0, 0.05) is 12.7 Å². The van der Waals surface area contributed by atoms with Crippen molar-refractivity contribution in [2.75, 3.05) is 0 Å². The Balaban J connectivity index is 2.03. The number of benzene rings is 2. The second-order valence-electron chi connectivity index (χ2n) is 3.66. The molecular formula is C16H10I2. The molecule has 2 aromatic rings. The first-order valence-corrected chi connectivity index (χ1v) is 7.59. The van der Waals surface area contributed by atoms with Gasteiger partial charge in [-0.25, -0.2) is 0 Å². The molecule has 0 saturated carbocycles. The third-order valence-electron chi connectivity index (χ3n) is 2.29. The molecule has 18 heavy (non-hydrogen) atoms. The summed E-state index contributed by atoms with van der Waals surface area (Å²) in [6, 6.07) is 16.6.